The first kappa shape index (κ1) is 25.8. The number of aromatic nitrogens is 3. The zero-order valence-corrected chi connectivity index (χ0v) is 22.0. The van der Waals surface area contributed by atoms with Crippen LogP contribution >= 0.6 is 11.3 Å². The van der Waals surface area contributed by atoms with Gasteiger partial charge in [0.05, 0.1) is 6.61 Å². The van der Waals surface area contributed by atoms with Crippen molar-refractivity contribution in [3.05, 3.63) is 46.5 Å². The maximum absolute atomic E-state index is 12.9. The topological polar surface area (TPSA) is 116 Å². The Morgan fingerprint density at radius 3 is 2.89 bits per heavy atom. The van der Waals surface area contributed by atoms with Crippen molar-refractivity contribution in [2.45, 2.75) is 39.8 Å². The third-order valence-electron chi connectivity index (χ3n) is 5.76. The van der Waals surface area contributed by atoms with Gasteiger partial charge >= 0.3 is 0 Å². The maximum Gasteiger partial charge on any atom is 0.256 e. The molecule has 4 rings (SSSR count). The van der Waals surface area contributed by atoms with Crippen molar-refractivity contribution in [1.29, 1.82) is 0 Å². The lowest BCUT2D eigenvalue weighted by Crippen LogP contribution is -2.31. The summed E-state index contributed by atoms with van der Waals surface area (Å²) in [6.45, 7) is 9.96. The van der Waals surface area contributed by atoms with E-state index in [4.69, 9.17) is 9.72 Å². The van der Waals surface area contributed by atoms with Gasteiger partial charge in [0.15, 0.2) is 5.13 Å². The summed E-state index contributed by atoms with van der Waals surface area (Å²) in [5, 5.41) is 15.6. The van der Waals surface area contributed by atoms with Gasteiger partial charge in [-0.2, -0.15) is 4.98 Å². The summed E-state index contributed by atoms with van der Waals surface area (Å²) in [5.41, 5.74) is 3.89. The number of likely N-dealkylation sites (N-methyl/N-ethyl adjacent to an activating group) is 1. The molecule has 36 heavy (non-hydrogen) atoms. The van der Waals surface area contributed by atoms with Crippen LogP contribution in [0.15, 0.2) is 29.8 Å². The molecular weight excluding hydrogens is 476 g/mol. The fourth-order valence-corrected chi connectivity index (χ4v) is 4.76. The first-order chi connectivity index (χ1) is 17.5. The second-order valence-corrected chi connectivity index (χ2v) is 9.67. The average Bonchev–Trinajstić information content (AvgIpc) is 3.32. The first-order valence-corrected chi connectivity index (χ1v) is 13.1. The number of methoxy groups -OCH3 is 1. The molecule has 0 unspecified atom stereocenters. The Kier molecular flexibility index (Phi) is 8.68. The molecule has 4 N–H and O–H groups in total. The third-order valence-corrected chi connectivity index (χ3v) is 6.66. The number of fused-ring (bicyclic) bond motifs is 1. The molecule has 10 nitrogen and oxygen atoms in total. The Labute approximate surface area is 215 Å². The zero-order valence-electron chi connectivity index (χ0n) is 21.2. The van der Waals surface area contributed by atoms with Crippen LogP contribution in [0.3, 0.4) is 0 Å². The summed E-state index contributed by atoms with van der Waals surface area (Å²) in [7, 11) is 1.69. The summed E-state index contributed by atoms with van der Waals surface area (Å²) < 4.78 is 5.21. The zero-order chi connectivity index (χ0) is 25.5. The highest BCUT2D eigenvalue weighted by Crippen LogP contribution is 2.28. The molecular formula is C25H34N8O2S. The molecule has 0 spiro atoms. The number of nitrogens with zero attached hydrogens (tertiary/aromatic N) is 4. The summed E-state index contributed by atoms with van der Waals surface area (Å²) >= 11 is 1.53. The van der Waals surface area contributed by atoms with E-state index in [-0.39, 0.29) is 11.9 Å². The molecule has 1 aliphatic heterocycles. The van der Waals surface area contributed by atoms with Crippen molar-refractivity contribution in [1.82, 2.24) is 25.6 Å². The molecule has 3 heterocycles. The van der Waals surface area contributed by atoms with Crippen molar-refractivity contribution < 1.29 is 9.53 Å². The van der Waals surface area contributed by atoms with Crippen LogP contribution in [-0.4, -0.2) is 60.3 Å². The number of amides is 1. The standard InChI is InChI=1S/C25H34N8O2S/c1-5-33(10-11-35-4)25-31-21(15-36-25)30-22-20(23(34)28-16(2)3)14-27-24(32-22)29-19-7-6-18-13-26-9-8-17(18)12-19/h6-7,12,14-16,26H,5,8-11,13H2,1-4H3,(H,28,34)(H2,27,29,30,32). The number of hydrogen-bond acceptors (Lipinski definition) is 10. The molecule has 0 radical (unpaired) electrons. The van der Waals surface area contributed by atoms with Crippen molar-refractivity contribution in [2.75, 3.05) is 48.9 Å². The van der Waals surface area contributed by atoms with Gasteiger partial charge in [-0.05, 0) is 57.0 Å². The molecule has 1 aliphatic rings. The van der Waals surface area contributed by atoms with E-state index in [0.717, 1.165) is 43.4 Å². The van der Waals surface area contributed by atoms with Crippen molar-refractivity contribution in [3.63, 3.8) is 0 Å². The lowest BCUT2D eigenvalue weighted by molar-refractivity contribution is 0.0943. The number of carbonyl (C=O) groups excluding carboxylic acids is 1. The van der Waals surface area contributed by atoms with Gasteiger partial charge in [0, 0.05) is 50.1 Å². The van der Waals surface area contributed by atoms with Crippen LogP contribution < -0.4 is 26.2 Å². The molecule has 0 fully saturated rings. The van der Waals surface area contributed by atoms with Crippen LogP contribution in [0, 0.1) is 0 Å². The summed E-state index contributed by atoms with van der Waals surface area (Å²) in [6.07, 6.45) is 2.53. The molecule has 2 aromatic heterocycles. The molecule has 0 aliphatic carbocycles. The Bertz CT molecular complexity index is 1180. The van der Waals surface area contributed by atoms with Gasteiger partial charge in [0.2, 0.25) is 5.95 Å². The molecule has 192 valence electrons. The summed E-state index contributed by atoms with van der Waals surface area (Å²) in [6, 6.07) is 6.26. The fraction of sp³-hybridized carbons (Fsp3) is 0.440. The number of thiazole rings is 1. The monoisotopic (exact) mass is 510 g/mol. The lowest BCUT2D eigenvalue weighted by atomic mass is 10.0. The van der Waals surface area contributed by atoms with E-state index < -0.39 is 0 Å². The molecule has 1 aromatic carbocycles. The van der Waals surface area contributed by atoms with Crippen molar-refractivity contribution in [2.24, 2.45) is 0 Å². The molecule has 0 saturated heterocycles. The van der Waals surface area contributed by atoms with Crippen LogP contribution in [-0.2, 0) is 17.7 Å². The number of anilines is 5. The van der Waals surface area contributed by atoms with Gasteiger partial charge in [-0.1, -0.05) is 6.07 Å². The molecule has 11 heteroatoms. The van der Waals surface area contributed by atoms with Crippen LogP contribution in [0.1, 0.15) is 42.3 Å². The highest BCUT2D eigenvalue weighted by Gasteiger charge is 2.18. The summed E-state index contributed by atoms with van der Waals surface area (Å²) in [4.78, 5) is 28.8. The van der Waals surface area contributed by atoms with Gasteiger partial charge in [0.1, 0.15) is 17.2 Å². The lowest BCUT2D eigenvalue weighted by Gasteiger charge is -2.19. The molecule has 1 amide bonds. The Morgan fingerprint density at radius 2 is 2.11 bits per heavy atom. The Morgan fingerprint density at radius 1 is 1.25 bits per heavy atom. The smallest absolute Gasteiger partial charge is 0.256 e. The molecule has 0 bridgehead atoms. The van der Waals surface area contributed by atoms with E-state index in [2.05, 4.69) is 55.2 Å². The third kappa shape index (κ3) is 6.48. The van der Waals surface area contributed by atoms with Crippen LogP contribution in [0.5, 0.6) is 0 Å². The van der Waals surface area contributed by atoms with Gasteiger partial charge in [-0.25, -0.2) is 9.97 Å². The van der Waals surface area contributed by atoms with Gasteiger partial charge < -0.3 is 30.9 Å². The van der Waals surface area contributed by atoms with E-state index in [1.54, 1.807) is 13.3 Å². The highest BCUT2D eigenvalue weighted by molar-refractivity contribution is 7.14. The second-order valence-electron chi connectivity index (χ2n) is 8.83. The molecule has 0 saturated carbocycles. The number of rotatable bonds is 11. The maximum atomic E-state index is 12.9. The van der Waals surface area contributed by atoms with E-state index in [0.29, 0.717) is 29.8 Å². The van der Waals surface area contributed by atoms with Crippen molar-refractivity contribution in [3.8, 4) is 0 Å². The molecule has 3 aromatic rings. The number of nitrogens with one attached hydrogen (secondary N) is 4. The van der Waals surface area contributed by atoms with Crippen molar-refractivity contribution >= 4 is 45.6 Å². The van der Waals surface area contributed by atoms with Gasteiger partial charge in [0.25, 0.3) is 5.91 Å². The van der Waals surface area contributed by atoms with Gasteiger partial charge in [-0.15, -0.1) is 11.3 Å². The van der Waals surface area contributed by atoms with E-state index in [1.165, 1.54) is 22.5 Å². The number of hydrogen-bond donors (Lipinski definition) is 4. The molecule has 0 atom stereocenters. The normalized spacial score (nSPS) is 12.8. The highest BCUT2D eigenvalue weighted by atomic mass is 32.1. The SMILES string of the molecule is CCN(CCOC)c1nc(Nc2nc(Nc3ccc4c(c3)CCNC4)ncc2C(=O)NC(C)C)cs1. The fourth-order valence-electron chi connectivity index (χ4n) is 3.91. The van der Waals surface area contributed by atoms with Gasteiger partial charge in [-0.3, -0.25) is 4.79 Å². The number of ether oxygens (including phenoxy) is 1. The minimum atomic E-state index is -0.244. The Balaban J connectivity index is 1.58. The summed E-state index contributed by atoms with van der Waals surface area (Å²) in [5.74, 6) is 1.17. The predicted octanol–water partition coefficient (Wildman–Crippen LogP) is 3.68. The van der Waals surface area contributed by atoms with E-state index in [9.17, 15) is 4.79 Å². The first-order valence-electron chi connectivity index (χ1n) is 12.2. The number of carbonyl (C=O) groups is 1. The number of benzene rings is 1. The minimum absolute atomic E-state index is 0.0158. The second kappa shape index (κ2) is 12.1. The quantitative estimate of drug-likeness (QED) is 0.306. The van der Waals surface area contributed by atoms with Crippen LogP contribution in [0.25, 0.3) is 0 Å². The Hall–Kier alpha value is -3.28. The van der Waals surface area contributed by atoms with Crippen LogP contribution in [0.4, 0.5) is 28.4 Å². The van der Waals surface area contributed by atoms with Crippen LogP contribution in [0.2, 0.25) is 0 Å². The van der Waals surface area contributed by atoms with E-state index in [1.807, 2.05) is 25.3 Å². The minimum Gasteiger partial charge on any atom is -0.383 e. The average molecular weight is 511 g/mol. The van der Waals surface area contributed by atoms with E-state index >= 15 is 0 Å². The predicted molar refractivity (Wildman–Crippen MR) is 145 cm³/mol. The largest absolute Gasteiger partial charge is 0.383 e.